The summed E-state index contributed by atoms with van der Waals surface area (Å²) in [5.74, 6) is -0.212. The third-order valence-electron chi connectivity index (χ3n) is 8.07. The zero-order chi connectivity index (χ0) is 33.4. The third kappa shape index (κ3) is 8.26. The standard InChI is InChI=1S/C34H40F3N3O5S/c1-5-6-7-8-9-10-11-12-13-14-15-25-27(45-44-23(3)41)18-16-22(2)31(25)32-26-20-24(17-19-28(26)46-38-32)40-30(42)21-29(34(35,36)37)39(4)33(40)43/h16-21H,5-15H2,1-4H3. The van der Waals surface area contributed by atoms with Gasteiger partial charge in [0, 0.05) is 36.6 Å². The van der Waals surface area contributed by atoms with E-state index in [9.17, 15) is 27.6 Å². The Morgan fingerprint density at radius 3 is 2.22 bits per heavy atom. The van der Waals surface area contributed by atoms with Crippen LogP contribution >= 0.6 is 11.5 Å². The van der Waals surface area contributed by atoms with Crippen molar-refractivity contribution >= 4 is 27.6 Å². The summed E-state index contributed by atoms with van der Waals surface area (Å²) in [6.07, 6.45) is 7.50. The first-order valence-electron chi connectivity index (χ1n) is 15.7. The van der Waals surface area contributed by atoms with Crippen LogP contribution in [0.25, 0.3) is 27.0 Å². The van der Waals surface area contributed by atoms with Gasteiger partial charge in [-0.3, -0.25) is 19.1 Å². The normalized spacial score (nSPS) is 11.7. The highest BCUT2D eigenvalue weighted by Crippen LogP contribution is 2.40. The minimum Gasteiger partial charge on any atom is -0.292 e. The number of halogens is 3. The van der Waals surface area contributed by atoms with Crippen LogP contribution in [0.2, 0.25) is 0 Å². The fraction of sp³-hybridized carbons (Fsp3) is 0.471. The molecule has 0 saturated heterocycles. The Kier molecular flexibility index (Phi) is 11.8. The van der Waals surface area contributed by atoms with Crippen molar-refractivity contribution in [3.05, 3.63) is 74.1 Å². The summed E-state index contributed by atoms with van der Waals surface area (Å²) in [5.41, 5.74) is -0.363. The number of hydrogen-bond acceptors (Lipinski definition) is 7. The molecule has 0 bridgehead atoms. The van der Waals surface area contributed by atoms with Crippen molar-refractivity contribution in [2.75, 3.05) is 0 Å². The van der Waals surface area contributed by atoms with E-state index in [4.69, 9.17) is 14.1 Å². The largest absolute Gasteiger partial charge is 0.431 e. The summed E-state index contributed by atoms with van der Waals surface area (Å²) >= 11 is 1.22. The van der Waals surface area contributed by atoms with Crippen molar-refractivity contribution in [1.29, 1.82) is 0 Å². The minimum atomic E-state index is -4.86. The van der Waals surface area contributed by atoms with E-state index in [0.717, 1.165) is 47.7 Å². The van der Waals surface area contributed by atoms with Crippen LogP contribution in [-0.4, -0.2) is 19.5 Å². The molecule has 0 saturated carbocycles. The van der Waals surface area contributed by atoms with Crippen molar-refractivity contribution in [3.8, 4) is 22.7 Å². The molecule has 4 aromatic rings. The second-order valence-electron chi connectivity index (χ2n) is 11.6. The monoisotopic (exact) mass is 659 g/mol. The predicted octanol–water partition coefficient (Wildman–Crippen LogP) is 8.46. The Balaban J connectivity index is 1.68. The molecule has 0 atom stereocenters. The zero-order valence-electron chi connectivity index (χ0n) is 26.7. The Morgan fingerprint density at radius 1 is 0.935 bits per heavy atom. The third-order valence-corrected chi connectivity index (χ3v) is 8.89. The molecule has 0 N–H and O–H groups in total. The Morgan fingerprint density at radius 2 is 1.59 bits per heavy atom. The minimum absolute atomic E-state index is 0.120. The number of unbranched alkanes of at least 4 members (excludes halogenated alkanes) is 9. The van der Waals surface area contributed by atoms with E-state index in [2.05, 4.69) is 6.92 Å². The van der Waals surface area contributed by atoms with Gasteiger partial charge < -0.3 is 0 Å². The zero-order valence-corrected chi connectivity index (χ0v) is 27.5. The van der Waals surface area contributed by atoms with Crippen molar-refractivity contribution in [1.82, 2.24) is 13.5 Å². The Hall–Kier alpha value is -3.93. The lowest BCUT2D eigenvalue weighted by Crippen LogP contribution is -2.40. The van der Waals surface area contributed by atoms with Crippen LogP contribution in [0.1, 0.15) is 94.9 Å². The molecule has 0 aliphatic carbocycles. The van der Waals surface area contributed by atoms with Gasteiger partial charge in [-0.15, -0.1) is 0 Å². The van der Waals surface area contributed by atoms with E-state index >= 15 is 0 Å². The lowest BCUT2D eigenvalue weighted by molar-refractivity contribution is -0.211. The summed E-state index contributed by atoms with van der Waals surface area (Å²) in [4.78, 5) is 47.8. The molecule has 4 rings (SSSR count). The van der Waals surface area contributed by atoms with Crippen molar-refractivity contribution in [2.24, 2.45) is 7.05 Å². The van der Waals surface area contributed by atoms with Crippen LogP contribution in [0.15, 0.2) is 46.0 Å². The number of carbonyl (C=O) groups is 1. The summed E-state index contributed by atoms with van der Waals surface area (Å²) in [6.45, 7) is 5.39. The molecule has 0 unspecified atom stereocenters. The topological polar surface area (TPSA) is 92.4 Å². The number of aryl methyl sites for hydroxylation is 1. The van der Waals surface area contributed by atoms with Gasteiger partial charge in [0.2, 0.25) is 0 Å². The maximum atomic E-state index is 13.4. The first-order valence-corrected chi connectivity index (χ1v) is 16.5. The van der Waals surface area contributed by atoms with Gasteiger partial charge in [0.1, 0.15) is 5.69 Å². The van der Waals surface area contributed by atoms with Gasteiger partial charge in [0.25, 0.3) is 5.56 Å². The average molecular weight is 660 g/mol. The second kappa shape index (κ2) is 15.6. The Bertz CT molecular complexity index is 1790. The number of aromatic nitrogens is 3. The van der Waals surface area contributed by atoms with E-state index in [0.29, 0.717) is 38.5 Å². The second-order valence-corrected chi connectivity index (χ2v) is 12.4. The van der Waals surface area contributed by atoms with E-state index in [1.165, 1.54) is 69.5 Å². The van der Waals surface area contributed by atoms with Crippen molar-refractivity contribution in [2.45, 2.75) is 97.6 Å². The molecule has 0 amide bonds. The van der Waals surface area contributed by atoms with Crippen LogP contribution in [-0.2, 0) is 29.3 Å². The van der Waals surface area contributed by atoms with Gasteiger partial charge in [0.15, 0.2) is 5.75 Å². The molecular weight excluding hydrogens is 619 g/mol. The predicted molar refractivity (Wildman–Crippen MR) is 174 cm³/mol. The van der Waals surface area contributed by atoms with E-state index in [1.54, 1.807) is 18.2 Å². The molecule has 0 aliphatic heterocycles. The summed E-state index contributed by atoms with van der Waals surface area (Å²) < 4.78 is 46.9. The molecule has 0 radical (unpaired) electrons. The first kappa shape index (κ1) is 34.9. The summed E-state index contributed by atoms with van der Waals surface area (Å²) in [6, 6.07) is 8.79. The summed E-state index contributed by atoms with van der Waals surface area (Å²) in [7, 11) is 0.981. The van der Waals surface area contributed by atoms with E-state index in [-0.39, 0.29) is 5.69 Å². The molecule has 0 fully saturated rings. The molecule has 2 aromatic carbocycles. The highest BCUT2D eigenvalue weighted by atomic mass is 32.1. The number of alkyl halides is 3. The number of fused-ring (bicyclic) bond motifs is 1. The van der Waals surface area contributed by atoms with Gasteiger partial charge in [-0.05, 0) is 61.1 Å². The van der Waals surface area contributed by atoms with E-state index < -0.39 is 29.1 Å². The Labute approximate surface area is 269 Å². The maximum absolute atomic E-state index is 13.4. The first-order chi connectivity index (χ1) is 21.9. The lowest BCUT2D eigenvalue weighted by Gasteiger charge is -2.16. The fourth-order valence-corrected chi connectivity index (χ4v) is 6.44. The number of hydrogen-bond donors (Lipinski definition) is 0. The smallest absolute Gasteiger partial charge is 0.292 e. The number of nitrogens with zero attached hydrogens (tertiary/aromatic N) is 3. The molecule has 0 aliphatic rings. The molecule has 2 aromatic heterocycles. The highest BCUT2D eigenvalue weighted by Gasteiger charge is 2.35. The van der Waals surface area contributed by atoms with Gasteiger partial charge in [-0.1, -0.05) is 70.8 Å². The quantitative estimate of drug-likeness (QED) is 0.0723. The maximum Gasteiger partial charge on any atom is 0.431 e. The van der Waals surface area contributed by atoms with Crippen LogP contribution in [0, 0.1) is 6.92 Å². The SMILES string of the molecule is CCCCCCCCCCCCc1c(OOC(C)=O)ccc(C)c1-c1nsc2ccc(-n3c(=O)cc(C(F)(F)F)n(C)c3=O)cc12. The molecule has 8 nitrogen and oxygen atoms in total. The van der Waals surface area contributed by atoms with Gasteiger partial charge in [-0.25, -0.2) is 14.2 Å². The molecule has 12 heteroatoms. The molecule has 0 spiro atoms. The molecule has 46 heavy (non-hydrogen) atoms. The van der Waals surface area contributed by atoms with Crippen LogP contribution in [0.4, 0.5) is 13.2 Å². The fourth-order valence-electron chi connectivity index (χ4n) is 5.68. The number of rotatable bonds is 15. The van der Waals surface area contributed by atoms with Crippen LogP contribution in [0.3, 0.4) is 0 Å². The number of benzene rings is 2. The lowest BCUT2D eigenvalue weighted by atomic mass is 9.92. The van der Waals surface area contributed by atoms with E-state index in [1.807, 2.05) is 13.0 Å². The van der Waals surface area contributed by atoms with Crippen LogP contribution in [0.5, 0.6) is 5.75 Å². The van der Waals surface area contributed by atoms with Gasteiger partial charge >= 0.3 is 17.8 Å². The van der Waals surface area contributed by atoms with Gasteiger partial charge in [-0.2, -0.15) is 17.5 Å². The van der Waals surface area contributed by atoms with Crippen molar-refractivity contribution in [3.63, 3.8) is 0 Å². The van der Waals surface area contributed by atoms with Crippen molar-refractivity contribution < 1.29 is 27.7 Å². The molecular formula is C34H40F3N3O5S. The number of carbonyl (C=O) groups excluding carboxylic acids is 1. The summed E-state index contributed by atoms with van der Waals surface area (Å²) in [5, 5.41) is 0.619. The molecule has 248 valence electrons. The molecule has 2 heterocycles. The van der Waals surface area contributed by atoms with Crippen LogP contribution < -0.4 is 16.1 Å². The van der Waals surface area contributed by atoms with Gasteiger partial charge in [0.05, 0.1) is 16.1 Å². The average Bonchev–Trinajstić information content (AvgIpc) is 3.41. The highest BCUT2D eigenvalue weighted by molar-refractivity contribution is 7.13.